The second kappa shape index (κ2) is 8.71. The van der Waals surface area contributed by atoms with Crippen molar-refractivity contribution in [2.24, 2.45) is 0 Å². The Hall–Kier alpha value is -4.25. The van der Waals surface area contributed by atoms with Gasteiger partial charge in [0.15, 0.2) is 11.6 Å². The van der Waals surface area contributed by atoms with Crippen molar-refractivity contribution in [2.45, 2.75) is 38.4 Å². The number of hydrogen-bond donors (Lipinski definition) is 1. The predicted molar refractivity (Wildman–Crippen MR) is 110 cm³/mol. The molecule has 0 radical (unpaired) electrons. The third kappa shape index (κ3) is 4.99. The summed E-state index contributed by atoms with van der Waals surface area (Å²) in [7, 11) is 0. The molecular formula is C22H18F3N7O. The molecule has 0 unspecified atom stereocenters. The summed E-state index contributed by atoms with van der Waals surface area (Å²) in [6.07, 6.45) is -2.09. The smallest absolute Gasteiger partial charge is 0.342 e. The highest BCUT2D eigenvalue weighted by Crippen LogP contribution is 2.34. The quantitative estimate of drug-likeness (QED) is 0.627. The van der Waals surface area contributed by atoms with Gasteiger partial charge < -0.3 is 5.32 Å². The summed E-state index contributed by atoms with van der Waals surface area (Å²) < 4.78 is 41.6. The molecule has 1 N–H and O–H groups in total. The summed E-state index contributed by atoms with van der Waals surface area (Å²) in [4.78, 5) is 21.1. The zero-order valence-corrected chi connectivity index (χ0v) is 17.8. The van der Waals surface area contributed by atoms with Crippen molar-refractivity contribution in [1.82, 2.24) is 25.1 Å². The van der Waals surface area contributed by atoms with Crippen LogP contribution in [0.15, 0.2) is 42.9 Å². The van der Waals surface area contributed by atoms with Crippen molar-refractivity contribution in [1.29, 1.82) is 10.5 Å². The minimum absolute atomic E-state index is 0.0718. The lowest BCUT2D eigenvalue weighted by Gasteiger charge is -2.20. The molecule has 0 saturated carbocycles. The molecule has 0 aliphatic rings. The topological polar surface area (TPSA) is 120 Å². The van der Waals surface area contributed by atoms with Crippen LogP contribution >= 0.6 is 0 Å². The van der Waals surface area contributed by atoms with Gasteiger partial charge in [-0.1, -0.05) is 0 Å². The second-order valence-electron chi connectivity index (χ2n) is 7.78. The van der Waals surface area contributed by atoms with Crippen LogP contribution in [0.1, 0.15) is 59.7 Å². The number of aromatic nitrogens is 4. The Kier molecular flexibility index (Phi) is 6.18. The van der Waals surface area contributed by atoms with E-state index in [4.69, 9.17) is 5.26 Å². The van der Waals surface area contributed by atoms with Crippen LogP contribution in [0.25, 0.3) is 5.82 Å². The number of nitrogens with zero attached hydrogens (tertiary/aromatic N) is 6. The van der Waals surface area contributed by atoms with Crippen molar-refractivity contribution >= 4 is 5.91 Å². The Morgan fingerprint density at radius 2 is 1.82 bits per heavy atom. The molecule has 168 valence electrons. The SMILES string of the molecule is C[C@H](NC(=O)c1cc(C(F)(F)F)cc(C(C)(C)C#N)c1)c1ncnn1-c1ccc(C#N)cn1. The summed E-state index contributed by atoms with van der Waals surface area (Å²) >= 11 is 0. The molecule has 0 bridgehead atoms. The maximum absolute atomic E-state index is 13.4. The first kappa shape index (κ1) is 23.4. The molecule has 2 aromatic heterocycles. The molecular weight excluding hydrogens is 435 g/mol. The molecule has 11 heteroatoms. The van der Waals surface area contributed by atoms with Crippen LogP contribution in [0.2, 0.25) is 0 Å². The highest BCUT2D eigenvalue weighted by Gasteiger charge is 2.34. The van der Waals surface area contributed by atoms with Gasteiger partial charge in [0.2, 0.25) is 0 Å². The van der Waals surface area contributed by atoms with Gasteiger partial charge in [0.25, 0.3) is 5.91 Å². The first-order valence-corrected chi connectivity index (χ1v) is 9.67. The Labute approximate surface area is 187 Å². The molecule has 0 aliphatic heterocycles. The van der Waals surface area contributed by atoms with Gasteiger partial charge in [0.05, 0.1) is 28.7 Å². The maximum Gasteiger partial charge on any atom is 0.416 e. The average Bonchev–Trinajstić information content (AvgIpc) is 3.28. The fraction of sp³-hybridized carbons (Fsp3) is 0.273. The van der Waals surface area contributed by atoms with Gasteiger partial charge in [0.1, 0.15) is 12.4 Å². The van der Waals surface area contributed by atoms with Gasteiger partial charge in [-0.15, -0.1) is 0 Å². The van der Waals surface area contributed by atoms with Crippen molar-refractivity contribution in [3.63, 3.8) is 0 Å². The van der Waals surface area contributed by atoms with E-state index in [1.54, 1.807) is 13.0 Å². The van der Waals surface area contributed by atoms with E-state index in [-0.39, 0.29) is 17.0 Å². The van der Waals surface area contributed by atoms with Crippen LogP contribution in [0.5, 0.6) is 0 Å². The van der Waals surface area contributed by atoms with Crippen molar-refractivity contribution < 1.29 is 18.0 Å². The van der Waals surface area contributed by atoms with Crippen LogP contribution in [0, 0.1) is 22.7 Å². The zero-order valence-electron chi connectivity index (χ0n) is 17.8. The van der Waals surface area contributed by atoms with E-state index in [1.807, 2.05) is 12.1 Å². The number of carbonyl (C=O) groups is 1. The molecule has 1 amide bonds. The third-order valence-corrected chi connectivity index (χ3v) is 4.93. The van der Waals surface area contributed by atoms with E-state index < -0.39 is 29.1 Å². The minimum Gasteiger partial charge on any atom is -0.342 e. The monoisotopic (exact) mass is 453 g/mol. The number of nitrogens with one attached hydrogen (secondary N) is 1. The normalized spacial score (nSPS) is 12.5. The van der Waals surface area contributed by atoms with E-state index in [2.05, 4.69) is 20.4 Å². The standard InChI is InChI=1S/C22H18F3N7O/c1-13(19-29-12-30-32(19)18-5-4-14(9-26)10-28-18)31-20(33)15-6-16(21(2,3)11-27)8-17(7-15)22(23,24)25/h4-8,10,12-13H,1-3H3,(H,31,33)/t13-/m0/s1. The summed E-state index contributed by atoms with van der Waals surface area (Å²) in [5.41, 5.74) is -2.07. The predicted octanol–water partition coefficient (Wildman–Crippen LogP) is 3.84. The van der Waals surface area contributed by atoms with E-state index >= 15 is 0 Å². The lowest BCUT2D eigenvalue weighted by atomic mass is 9.84. The van der Waals surface area contributed by atoms with Gasteiger partial charge >= 0.3 is 6.18 Å². The molecule has 0 spiro atoms. The first-order valence-electron chi connectivity index (χ1n) is 9.67. The number of halogens is 3. The highest BCUT2D eigenvalue weighted by molar-refractivity contribution is 5.95. The lowest BCUT2D eigenvalue weighted by Crippen LogP contribution is -2.29. The largest absolute Gasteiger partial charge is 0.416 e. The van der Waals surface area contributed by atoms with Crippen molar-refractivity contribution in [3.8, 4) is 18.0 Å². The van der Waals surface area contributed by atoms with Crippen LogP contribution in [-0.2, 0) is 11.6 Å². The molecule has 3 rings (SSSR count). The number of alkyl halides is 3. The number of amides is 1. The number of rotatable bonds is 5. The van der Waals surface area contributed by atoms with Crippen LogP contribution in [0.4, 0.5) is 13.2 Å². The molecule has 2 heterocycles. The summed E-state index contributed by atoms with van der Waals surface area (Å²) in [6, 6.07) is 9.13. The van der Waals surface area contributed by atoms with Gasteiger partial charge in [-0.25, -0.2) is 9.97 Å². The van der Waals surface area contributed by atoms with Crippen LogP contribution < -0.4 is 5.32 Å². The number of benzene rings is 1. The average molecular weight is 453 g/mol. The molecule has 1 atom stereocenters. The molecule has 0 saturated heterocycles. The first-order chi connectivity index (χ1) is 15.5. The molecule has 1 aromatic carbocycles. The van der Waals surface area contributed by atoms with Gasteiger partial charge in [-0.3, -0.25) is 4.79 Å². The molecule has 0 aliphatic carbocycles. The molecule has 8 nitrogen and oxygen atoms in total. The Morgan fingerprint density at radius 1 is 1.12 bits per heavy atom. The molecule has 33 heavy (non-hydrogen) atoms. The summed E-state index contributed by atoms with van der Waals surface area (Å²) in [6.45, 7) is 4.54. The van der Waals surface area contributed by atoms with E-state index in [0.29, 0.717) is 11.4 Å². The number of hydrogen-bond acceptors (Lipinski definition) is 6. The Balaban J connectivity index is 1.92. The van der Waals surface area contributed by atoms with E-state index in [1.165, 1.54) is 43.2 Å². The van der Waals surface area contributed by atoms with Gasteiger partial charge in [-0.05, 0) is 56.7 Å². The summed E-state index contributed by atoms with van der Waals surface area (Å²) in [5, 5.41) is 24.9. The van der Waals surface area contributed by atoms with Crippen molar-refractivity contribution in [2.75, 3.05) is 0 Å². The fourth-order valence-corrected chi connectivity index (χ4v) is 2.99. The number of nitriles is 2. The maximum atomic E-state index is 13.4. The van der Waals surface area contributed by atoms with Gasteiger partial charge in [0, 0.05) is 11.8 Å². The Morgan fingerprint density at radius 3 is 2.39 bits per heavy atom. The number of carbonyl (C=O) groups excluding carboxylic acids is 1. The van der Waals surface area contributed by atoms with Gasteiger partial charge in [-0.2, -0.15) is 33.5 Å². The Bertz CT molecular complexity index is 1260. The minimum atomic E-state index is -4.69. The fourth-order valence-electron chi connectivity index (χ4n) is 2.99. The highest BCUT2D eigenvalue weighted by atomic mass is 19.4. The second-order valence-corrected chi connectivity index (χ2v) is 7.78. The zero-order chi connectivity index (χ0) is 24.4. The van der Waals surface area contributed by atoms with Crippen LogP contribution in [0.3, 0.4) is 0 Å². The summed E-state index contributed by atoms with van der Waals surface area (Å²) in [5.74, 6) is -0.143. The molecule has 0 fully saturated rings. The number of pyridine rings is 1. The van der Waals surface area contributed by atoms with Crippen molar-refractivity contribution in [3.05, 3.63) is 70.9 Å². The van der Waals surface area contributed by atoms with E-state index in [9.17, 15) is 23.2 Å². The van der Waals surface area contributed by atoms with E-state index in [0.717, 1.165) is 12.1 Å². The van der Waals surface area contributed by atoms with Crippen LogP contribution in [-0.4, -0.2) is 25.7 Å². The lowest BCUT2D eigenvalue weighted by molar-refractivity contribution is -0.137. The third-order valence-electron chi connectivity index (χ3n) is 4.93. The molecule has 3 aromatic rings.